The first-order valence-corrected chi connectivity index (χ1v) is 19.8. The summed E-state index contributed by atoms with van der Waals surface area (Å²) in [6.07, 6.45) is 12.5. The van der Waals surface area contributed by atoms with E-state index in [1.54, 1.807) is 18.2 Å². The van der Waals surface area contributed by atoms with Gasteiger partial charge in [-0.3, -0.25) is 14.4 Å². The maximum Gasteiger partial charge on any atom is 0.338 e. The number of ether oxygens (including phenoxy) is 3. The highest BCUT2D eigenvalue weighted by Gasteiger charge is 2.32. The van der Waals surface area contributed by atoms with Gasteiger partial charge in [0.2, 0.25) is 27.8 Å². The van der Waals surface area contributed by atoms with Crippen molar-refractivity contribution in [3.63, 3.8) is 0 Å². The number of anilines is 2. The first-order chi connectivity index (χ1) is 25.5. The monoisotopic (exact) mass is 751 g/mol. The molecule has 1 unspecified atom stereocenters. The molecule has 2 amide bonds. The van der Waals surface area contributed by atoms with Gasteiger partial charge in [0.05, 0.1) is 35.6 Å². The molecule has 0 bridgehead atoms. The summed E-state index contributed by atoms with van der Waals surface area (Å²) in [5.74, 6) is -2.68. The van der Waals surface area contributed by atoms with Crippen LogP contribution < -0.4 is 24.8 Å². The lowest BCUT2D eigenvalue weighted by Crippen LogP contribution is -2.40. The standard InChI is InChI=1S/C40H53N3O9S/c1-5-6-7-8-9-10-11-12-13-14-15-19-26-51-40(47)31-22-24-35(50-4)33(27-31)43-39(46)38(37(45)30-20-17-16-18-21-30)52-36-25-23-32(53(48,49)41-3)28-34(36)42-29(2)44/h16-18,20-25,27-28,38,41H,5-15,19,26H2,1-4H3,(H,42,44)(H,43,46). The third-order valence-corrected chi connectivity index (χ3v) is 9.96. The average Bonchev–Trinajstić information content (AvgIpc) is 3.15. The number of hydrogen-bond acceptors (Lipinski definition) is 9. The molecule has 1 atom stereocenters. The summed E-state index contributed by atoms with van der Waals surface area (Å²) in [5, 5.41) is 5.13. The summed E-state index contributed by atoms with van der Waals surface area (Å²) >= 11 is 0. The topological polar surface area (TPSA) is 166 Å². The third kappa shape index (κ3) is 14.0. The van der Waals surface area contributed by atoms with Crippen molar-refractivity contribution >= 4 is 45.0 Å². The van der Waals surface area contributed by atoms with Crippen LogP contribution in [0.3, 0.4) is 0 Å². The Hall–Kier alpha value is -4.75. The highest BCUT2D eigenvalue weighted by Crippen LogP contribution is 2.31. The third-order valence-electron chi connectivity index (χ3n) is 8.54. The number of carbonyl (C=O) groups excluding carboxylic acids is 4. The molecule has 3 aromatic carbocycles. The van der Waals surface area contributed by atoms with Gasteiger partial charge < -0.3 is 24.8 Å². The zero-order valence-electron chi connectivity index (χ0n) is 31.2. The van der Waals surface area contributed by atoms with E-state index in [1.165, 1.54) is 121 Å². The van der Waals surface area contributed by atoms with Gasteiger partial charge in [0.25, 0.3) is 5.91 Å². The lowest BCUT2D eigenvalue weighted by atomic mass is 10.0. The van der Waals surface area contributed by atoms with Crippen molar-refractivity contribution in [1.82, 2.24) is 4.72 Å². The van der Waals surface area contributed by atoms with Crippen LogP contribution in [0.5, 0.6) is 11.5 Å². The van der Waals surface area contributed by atoms with Crippen molar-refractivity contribution in [2.45, 2.75) is 102 Å². The van der Waals surface area contributed by atoms with Gasteiger partial charge in [-0.25, -0.2) is 17.9 Å². The van der Waals surface area contributed by atoms with Gasteiger partial charge >= 0.3 is 5.97 Å². The number of ketones is 1. The molecule has 3 aromatic rings. The summed E-state index contributed by atoms with van der Waals surface area (Å²) in [6.45, 7) is 3.70. The lowest BCUT2D eigenvalue weighted by Gasteiger charge is -2.21. The molecular formula is C40H53N3O9S. The summed E-state index contributed by atoms with van der Waals surface area (Å²) in [7, 11) is -1.28. The molecule has 0 aliphatic rings. The number of methoxy groups -OCH3 is 1. The van der Waals surface area contributed by atoms with Crippen LogP contribution in [-0.2, 0) is 24.3 Å². The van der Waals surface area contributed by atoms with Gasteiger partial charge in [0.15, 0.2) is 0 Å². The van der Waals surface area contributed by atoms with Crippen molar-refractivity contribution in [3.05, 3.63) is 77.9 Å². The SMILES string of the molecule is CCCCCCCCCCCCCCOC(=O)c1ccc(OC)c(NC(=O)C(Oc2ccc(S(=O)(=O)NC)cc2NC(C)=O)C(=O)c2ccccc2)c1. The molecular weight excluding hydrogens is 699 g/mol. The molecule has 0 aliphatic carbocycles. The zero-order chi connectivity index (χ0) is 38.6. The first kappa shape index (κ1) is 42.7. The van der Waals surface area contributed by atoms with Crippen LogP contribution in [0, 0.1) is 0 Å². The quantitative estimate of drug-likeness (QED) is 0.0360. The molecule has 0 saturated heterocycles. The fourth-order valence-electron chi connectivity index (χ4n) is 5.61. The summed E-state index contributed by atoms with van der Waals surface area (Å²) in [4.78, 5) is 52.4. The smallest absolute Gasteiger partial charge is 0.338 e. The minimum absolute atomic E-state index is 0.0806. The van der Waals surface area contributed by atoms with Gasteiger partial charge in [-0.05, 0) is 49.9 Å². The number of sulfonamides is 1. The highest BCUT2D eigenvalue weighted by molar-refractivity contribution is 7.89. The van der Waals surface area contributed by atoms with Gasteiger partial charge in [0.1, 0.15) is 11.5 Å². The minimum Gasteiger partial charge on any atom is -0.495 e. The molecule has 0 aromatic heterocycles. The van der Waals surface area contributed by atoms with Gasteiger partial charge in [-0.2, -0.15) is 0 Å². The van der Waals surface area contributed by atoms with Gasteiger partial charge in [-0.1, -0.05) is 108 Å². The molecule has 0 fully saturated rings. The summed E-state index contributed by atoms with van der Waals surface area (Å²) < 4.78 is 44.0. The Morgan fingerprint density at radius 3 is 1.87 bits per heavy atom. The number of unbranched alkanes of at least 4 members (excludes halogenated alkanes) is 11. The van der Waals surface area contributed by atoms with E-state index in [0.29, 0.717) is 0 Å². The van der Waals surface area contributed by atoms with E-state index in [-0.39, 0.29) is 45.5 Å². The van der Waals surface area contributed by atoms with Crippen LogP contribution in [0.4, 0.5) is 11.4 Å². The van der Waals surface area contributed by atoms with E-state index in [4.69, 9.17) is 14.2 Å². The lowest BCUT2D eigenvalue weighted by molar-refractivity contribution is -0.120. The normalized spacial score (nSPS) is 11.7. The van der Waals surface area contributed by atoms with E-state index in [9.17, 15) is 27.6 Å². The number of nitrogens with one attached hydrogen (secondary N) is 3. The second-order valence-electron chi connectivity index (χ2n) is 12.7. The average molecular weight is 752 g/mol. The van der Waals surface area contributed by atoms with Crippen molar-refractivity contribution < 1.29 is 41.8 Å². The Morgan fingerprint density at radius 1 is 0.698 bits per heavy atom. The Balaban J connectivity index is 1.70. The number of hydrogen-bond donors (Lipinski definition) is 3. The highest BCUT2D eigenvalue weighted by atomic mass is 32.2. The van der Waals surface area contributed by atoms with Gasteiger partial charge in [0, 0.05) is 12.5 Å². The van der Waals surface area contributed by atoms with Gasteiger partial charge in [-0.15, -0.1) is 0 Å². The van der Waals surface area contributed by atoms with E-state index in [0.717, 1.165) is 25.3 Å². The number of esters is 1. The minimum atomic E-state index is -3.91. The van der Waals surface area contributed by atoms with Crippen LogP contribution in [0.1, 0.15) is 112 Å². The van der Waals surface area contributed by atoms with E-state index in [1.807, 2.05) is 0 Å². The molecule has 3 N–H and O–H groups in total. The summed E-state index contributed by atoms with van der Waals surface area (Å²) in [5.41, 5.74) is 0.332. The van der Waals surface area contributed by atoms with Crippen molar-refractivity contribution in [1.29, 1.82) is 0 Å². The number of carbonyl (C=O) groups is 4. The van der Waals surface area contributed by atoms with Crippen LogP contribution in [0.25, 0.3) is 0 Å². The molecule has 3 rings (SSSR count). The Kier molecular flexibility index (Phi) is 18.0. The fraction of sp³-hybridized carbons (Fsp3) is 0.450. The van der Waals surface area contributed by atoms with Crippen LogP contribution in [0.2, 0.25) is 0 Å². The largest absolute Gasteiger partial charge is 0.495 e. The van der Waals surface area contributed by atoms with Crippen LogP contribution in [0.15, 0.2) is 71.6 Å². The van der Waals surface area contributed by atoms with Crippen molar-refractivity contribution in [2.75, 3.05) is 31.4 Å². The Bertz CT molecular complexity index is 1760. The molecule has 0 aliphatic heterocycles. The Morgan fingerprint density at radius 2 is 1.28 bits per heavy atom. The molecule has 0 saturated carbocycles. The van der Waals surface area contributed by atoms with Crippen LogP contribution in [-0.4, -0.2) is 58.9 Å². The van der Waals surface area contributed by atoms with E-state index < -0.39 is 39.7 Å². The fourth-order valence-corrected chi connectivity index (χ4v) is 6.37. The number of Topliss-reactive ketones (excluding diaryl/α,β-unsaturated/α-hetero) is 1. The number of amides is 2. The second kappa shape index (κ2) is 22.3. The second-order valence-corrected chi connectivity index (χ2v) is 14.6. The maximum atomic E-state index is 13.9. The molecule has 0 spiro atoms. The molecule has 0 radical (unpaired) electrons. The molecule has 0 heterocycles. The maximum absolute atomic E-state index is 13.9. The van der Waals surface area contributed by atoms with Crippen LogP contribution >= 0.6 is 0 Å². The first-order valence-electron chi connectivity index (χ1n) is 18.3. The van der Waals surface area contributed by atoms with E-state index >= 15 is 0 Å². The molecule has 12 nitrogen and oxygen atoms in total. The molecule has 288 valence electrons. The number of benzene rings is 3. The summed E-state index contributed by atoms with van der Waals surface area (Å²) in [6, 6.07) is 16.0. The molecule has 13 heteroatoms. The predicted octanol–water partition coefficient (Wildman–Crippen LogP) is 7.69. The number of rotatable bonds is 24. The van der Waals surface area contributed by atoms with Crippen molar-refractivity contribution in [2.24, 2.45) is 0 Å². The zero-order valence-corrected chi connectivity index (χ0v) is 32.0. The Labute approximate surface area is 313 Å². The molecule has 53 heavy (non-hydrogen) atoms. The van der Waals surface area contributed by atoms with E-state index in [2.05, 4.69) is 22.3 Å². The van der Waals surface area contributed by atoms with Crippen molar-refractivity contribution in [3.8, 4) is 11.5 Å². The predicted molar refractivity (Wildman–Crippen MR) is 205 cm³/mol.